The van der Waals surface area contributed by atoms with Gasteiger partial charge in [-0.05, 0) is 25.0 Å². The maximum Gasteiger partial charge on any atom is 0.253 e. The van der Waals surface area contributed by atoms with E-state index in [1.54, 1.807) is 19.2 Å². The lowest BCUT2D eigenvalue weighted by molar-refractivity contribution is -0.124. The van der Waals surface area contributed by atoms with Crippen LogP contribution in [0, 0.1) is 0 Å². The Morgan fingerprint density at radius 1 is 1.37 bits per heavy atom. The topological polar surface area (TPSA) is 58.6 Å². The summed E-state index contributed by atoms with van der Waals surface area (Å²) in [7, 11) is 1.68. The number of ether oxygens (including phenoxy) is 1. The van der Waals surface area contributed by atoms with Gasteiger partial charge in [-0.1, -0.05) is 12.1 Å². The van der Waals surface area contributed by atoms with Gasteiger partial charge in [0.2, 0.25) is 5.91 Å². The second kappa shape index (κ2) is 5.84. The molecule has 1 N–H and O–H groups in total. The molecule has 1 heterocycles. The Balaban J connectivity index is 2.15. The molecule has 1 atom stereocenters. The number of nitrogens with one attached hydrogen (secondary N) is 1. The van der Waals surface area contributed by atoms with Crippen LogP contribution >= 0.6 is 0 Å². The van der Waals surface area contributed by atoms with Gasteiger partial charge in [0.1, 0.15) is 6.10 Å². The van der Waals surface area contributed by atoms with Crippen LogP contribution in [-0.4, -0.2) is 31.6 Å². The van der Waals surface area contributed by atoms with E-state index in [1.807, 2.05) is 12.1 Å². The van der Waals surface area contributed by atoms with Crippen molar-refractivity contribution in [3.63, 3.8) is 0 Å². The lowest BCUT2D eigenvalue weighted by atomic mass is 10.2. The fourth-order valence-electron chi connectivity index (χ4n) is 2.04. The van der Waals surface area contributed by atoms with Crippen LogP contribution in [0.1, 0.15) is 19.8 Å². The summed E-state index contributed by atoms with van der Waals surface area (Å²) >= 11 is 0. The van der Waals surface area contributed by atoms with Crippen molar-refractivity contribution >= 4 is 23.2 Å². The summed E-state index contributed by atoms with van der Waals surface area (Å²) in [6, 6.07) is 7.23. The summed E-state index contributed by atoms with van der Waals surface area (Å²) in [5, 5.41) is 2.83. The van der Waals surface area contributed by atoms with E-state index in [0.29, 0.717) is 18.0 Å². The van der Waals surface area contributed by atoms with Crippen molar-refractivity contribution in [2.24, 2.45) is 0 Å². The van der Waals surface area contributed by atoms with E-state index < -0.39 is 0 Å². The monoisotopic (exact) mass is 262 g/mol. The Morgan fingerprint density at radius 3 is 2.74 bits per heavy atom. The number of benzene rings is 1. The molecule has 1 aliphatic heterocycles. The lowest BCUT2D eigenvalue weighted by Gasteiger charge is -2.20. The van der Waals surface area contributed by atoms with Crippen molar-refractivity contribution in [3.8, 4) is 0 Å². The van der Waals surface area contributed by atoms with Gasteiger partial charge in [-0.15, -0.1) is 0 Å². The third-order valence-electron chi connectivity index (χ3n) is 3.22. The minimum atomic E-state index is -0.379. The quantitative estimate of drug-likeness (QED) is 0.903. The van der Waals surface area contributed by atoms with Crippen molar-refractivity contribution in [3.05, 3.63) is 24.3 Å². The van der Waals surface area contributed by atoms with E-state index in [1.165, 1.54) is 11.8 Å². The molecule has 2 rings (SSSR count). The molecule has 1 fully saturated rings. The first-order chi connectivity index (χ1) is 9.09. The zero-order valence-electron chi connectivity index (χ0n) is 11.2. The van der Waals surface area contributed by atoms with Crippen LogP contribution in [0.25, 0.3) is 0 Å². The van der Waals surface area contributed by atoms with E-state index in [9.17, 15) is 9.59 Å². The standard InChI is InChI=1S/C14H18N2O3/c1-10(17)16(2)12-7-4-3-6-11(12)15-14(18)13-8-5-9-19-13/h3-4,6-7,13H,5,8-9H2,1-2H3,(H,15,18). The number of anilines is 2. The van der Waals surface area contributed by atoms with Crippen molar-refractivity contribution in [2.45, 2.75) is 25.9 Å². The minimum absolute atomic E-state index is 0.0844. The third-order valence-corrected chi connectivity index (χ3v) is 3.22. The Morgan fingerprint density at radius 2 is 2.11 bits per heavy atom. The van der Waals surface area contributed by atoms with Crippen molar-refractivity contribution in [2.75, 3.05) is 23.9 Å². The first-order valence-corrected chi connectivity index (χ1v) is 6.35. The second-order valence-corrected chi connectivity index (χ2v) is 4.59. The molecule has 0 aliphatic carbocycles. The summed E-state index contributed by atoms with van der Waals surface area (Å²) in [6.45, 7) is 2.12. The molecule has 1 unspecified atom stereocenters. The lowest BCUT2D eigenvalue weighted by Crippen LogP contribution is -2.29. The molecule has 1 saturated heterocycles. The Kier molecular flexibility index (Phi) is 4.16. The summed E-state index contributed by atoms with van der Waals surface area (Å²) < 4.78 is 5.34. The number of carbonyl (C=O) groups excluding carboxylic acids is 2. The van der Waals surface area contributed by atoms with Crippen LogP contribution in [0.2, 0.25) is 0 Å². The molecule has 1 aromatic rings. The van der Waals surface area contributed by atoms with Gasteiger partial charge in [0.15, 0.2) is 0 Å². The predicted molar refractivity (Wildman–Crippen MR) is 73.1 cm³/mol. The first-order valence-electron chi connectivity index (χ1n) is 6.35. The molecule has 0 aromatic heterocycles. The second-order valence-electron chi connectivity index (χ2n) is 4.59. The molecule has 1 aromatic carbocycles. The normalized spacial score (nSPS) is 18.1. The number of hydrogen-bond donors (Lipinski definition) is 1. The zero-order chi connectivity index (χ0) is 13.8. The van der Waals surface area contributed by atoms with E-state index in [-0.39, 0.29) is 17.9 Å². The molecule has 5 nitrogen and oxygen atoms in total. The minimum Gasteiger partial charge on any atom is -0.368 e. The molecule has 0 bridgehead atoms. The Bertz CT molecular complexity index is 481. The maximum atomic E-state index is 12.0. The van der Waals surface area contributed by atoms with Gasteiger partial charge in [-0.25, -0.2) is 0 Å². The van der Waals surface area contributed by atoms with Gasteiger partial charge in [0.05, 0.1) is 11.4 Å². The molecule has 0 saturated carbocycles. The molecule has 5 heteroatoms. The van der Waals surface area contributed by atoms with Crippen LogP contribution in [0.15, 0.2) is 24.3 Å². The molecule has 0 radical (unpaired) electrons. The van der Waals surface area contributed by atoms with Gasteiger partial charge in [0.25, 0.3) is 5.91 Å². The smallest absolute Gasteiger partial charge is 0.253 e. The molecular formula is C14H18N2O3. The number of hydrogen-bond acceptors (Lipinski definition) is 3. The molecule has 1 aliphatic rings. The van der Waals surface area contributed by atoms with Crippen LogP contribution < -0.4 is 10.2 Å². The predicted octanol–water partition coefficient (Wildman–Crippen LogP) is 1.79. The van der Waals surface area contributed by atoms with E-state index in [4.69, 9.17) is 4.74 Å². The number of amides is 2. The largest absolute Gasteiger partial charge is 0.368 e. The average Bonchev–Trinajstić information content (AvgIpc) is 2.92. The number of rotatable bonds is 3. The van der Waals surface area contributed by atoms with Crippen LogP contribution in [0.4, 0.5) is 11.4 Å². The average molecular weight is 262 g/mol. The fraction of sp³-hybridized carbons (Fsp3) is 0.429. The van der Waals surface area contributed by atoms with Crippen LogP contribution in [0.3, 0.4) is 0 Å². The number of nitrogens with zero attached hydrogens (tertiary/aromatic N) is 1. The van der Waals surface area contributed by atoms with Crippen molar-refractivity contribution in [1.29, 1.82) is 0 Å². The van der Waals surface area contributed by atoms with Crippen LogP contribution in [-0.2, 0) is 14.3 Å². The highest BCUT2D eigenvalue weighted by Gasteiger charge is 2.24. The Hall–Kier alpha value is -1.88. The van der Waals surface area contributed by atoms with Crippen molar-refractivity contribution < 1.29 is 14.3 Å². The molecular weight excluding hydrogens is 244 g/mol. The first kappa shape index (κ1) is 13.5. The maximum absolute atomic E-state index is 12.0. The summed E-state index contributed by atoms with van der Waals surface area (Å²) in [6.07, 6.45) is 1.28. The molecule has 19 heavy (non-hydrogen) atoms. The number of carbonyl (C=O) groups is 2. The summed E-state index contributed by atoms with van der Waals surface area (Å²) in [5.41, 5.74) is 1.31. The van der Waals surface area contributed by atoms with E-state index in [2.05, 4.69) is 5.32 Å². The van der Waals surface area contributed by atoms with Crippen LogP contribution in [0.5, 0.6) is 0 Å². The highest BCUT2D eigenvalue weighted by Crippen LogP contribution is 2.25. The highest BCUT2D eigenvalue weighted by atomic mass is 16.5. The summed E-state index contributed by atoms with van der Waals surface area (Å²) in [5.74, 6) is -0.235. The van der Waals surface area contributed by atoms with Gasteiger partial charge in [-0.2, -0.15) is 0 Å². The third kappa shape index (κ3) is 3.12. The van der Waals surface area contributed by atoms with Gasteiger partial charge in [-0.3, -0.25) is 9.59 Å². The highest BCUT2D eigenvalue weighted by molar-refractivity contribution is 6.01. The Labute approximate surface area is 112 Å². The fourth-order valence-corrected chi connectivity index (χ4v) is 2.04. The summed E-state index contributed by atoms with van der Waals surface area (Å²) in [4.78, 5) is 25.0. The van der Waals surface area contributed by atoms with Gasteiger partial charge >= 0.3 is 0 Å². The molecule has 2 amide bonds. The van der Waals surface area contributed by atoms with Gasteiger partial charge in [0, 0.05) is 20.6 Å². The van der Waals surface area contributed by atoms with Crippen molar-refractivity contribution in [1.82, 2.24) is 0 Å². The van der Waals surface area contributed by atoms with Gasteiger partial charge < -0.3 is 15.0 Å². The molecule has 102 valence electrons. The number of para-hydroxylation sites is 2. The van der Waals surface area contributed by atoms with E-state index >= 15 is 0 Å². The zero-order valence-corrected chi connectivity index (χ0v) is 11.2. The van der Waals surface area contributed by atoms with E-state index in [0.717, 1.165) is 12.8 Å². The molecule has 0 spiro atoms. The SMILES string of the molecule is CC(=O)N(C)c1ccccc1NC(=O)C1CCCO1.